The number of azo groups is 1. The van der Waals surface area contributed by atoms with Crippen LogP contribution >= 0.6 is 0 Å². The molecule has 0 bridgehead atoms. The summed E-state index contributed by atoms with van der Waals surface area (Å²) in [7, 11) is 0. The Morgan fingerprint density at radius 2 is 1.71 bits per heavy atom. The van der Waals surface area contributed by atoms with Gasteiger partial charge >= 0.3 is 11.7 Å². The summed E-state index contributed by atoms with van der Waals surface area (Å²) in [5, 5.41) is 40.7. The number of H-pyrrole nitrogens is 1. The van der Waals surface area contributed by atoms with Crippen LogP contribution < -0.4 is 10.5 Å². The van der Waals surface area contributed by atoms with Gasteiger partial charge < -0.3 is 15.3 Å². The lowest BCUT2D eigenvalue weighted by Gasteiger charge is -2.17. The van der Waals surface area contributed by atoms with Crippen molar-refractivity contribution in [2.45, 2.75) is 32.6 Å². The number of rotatable bonds is 10. The van der Waals surface area contributed by atoms with Crippen LogP contribution in [-0.2, 0) is 12.8 Å². The van der Waals surface area contributed by atoms with Gasteiger partial charge in [0.25, 0.3) is 0 Å². The number of carbonyl (C=O) groups is 1. The molecular weight excluding hydrogens is 486 g/mol. The molecule has 0 fully saturated rings. The molecular formula is C28H29N5O5. The zero-order valence-electron chi connectivity index (χ0n) is 20.9. The molecule has 4 aromatic rings. The average Bonchev–Trinajstić information content (AvgIpc) is 3.24. The number of unbranched alkanes of at least 4 members (excludes halogenated alkanes) is 1. The molecule has 0 unspecified atom stereocenters. The van der Waals surface area contributed by atoms with Gasteiger partial charge in [0.1, 0.15) is 11.5 Å². The van der Waals surface area contributed by atoms with Crippen LogP contribution in [0.5, 0.6) is 11.5 Å². The number of benzene rings is 3. The van der Waals surface area contributed by atoms with Gasteiger partial charge in [-0.1, -0.05) is 43.7 Å². The zero-order valence-corrected chi connectivity index (χ0v) is 20.9. The molecule has 38 heavy (non-hydrogen) atoms. The summed E-state index contributed by atoms with van der Waals surface area (Å²) >= 11 is 0. The fourth-order valence-corrected chi connectivity index (χ4v) is 3.96. The number of anilines is 1. The molecule has 10 nitrogen and oxygen atoms in total. The number of phenols is 2. The highest BCUT2D eigenvalue weighted by atomic mass is 16.4. The van der Waals surface area contributed by atoms with Gasteiger partial charge in [0.05, 0.1) is 11.4 Å². The first-order valence-electron chi connectivity index (χ1n) is 12.3. The Kier molecular flexibility index (Phi) is 8.22. The summed E-state index contributed by atoms with van der Waals surface area (Å²) in [6, 6.07) is 20.5. The third-order valence-electron chi connectivity index (χ3n) is 6.05. The van der Waals surface area contributed by atoms with Crippen molar-refractivity contribution in [3.05, 3.63) is 94.3 Å². The standard InChI is InChI=1S/C28H29N5O5/c1-2-3-17-32(28(37)38)26-25(27(36)33(31-26)22-7-5-4-6-8-22)30-29-21-13-10-19(11-14-21)9-12-20-18-23(34)15-16-24(20)35/h4-8,10-11,13-16,18,31,34-35H,2-3,9,12,17H2,1H3,(H,37,38). The van der Waals surface area contributed by atoms with Crippen LogP contribution in [0.2, 0.25) is 0 Å². The molecule has 3 aromatic carbocycles. The molecule has 0 aliphatic carbocycles. The zero-order chi connectivity index (χ0) is 27.1. The van der Waals surface area contributed by atoms with Crippen LogP contribution in [0, 0.1) is 0 Å². The molecule has 0 radical (unpaired) electrons. The highest BCUT2D eigenvalue weighted by molar-refractivity contribution is 5.88. The van der Waals surface area contributed by atoms with E-state index in [9.17, 15) is 24.9 Å². The smallest absolute Gasteiger partial charge is 0.413 e. The molecule has 10 heteroatoms. The molecule has 0 atom stereocenters. The molecule has 1 amide bonds. The molecule has 0 spiro atoms. The fourth-order valence-electron chi connectivity index (χ4n) is 3.96. The number of amides is 1. The van der Waals surface area contributed by atoms with Crippen molar-refractivity contribution in [3.8, 4) is 17.2 Å². The molecule has 0 aliphatic rings. The number of aryl methyl sites for hydroxylation is 2. The fraction of sp³-hybridized carbons (Fsp3) is 0.214. The largest absolute Gasteiger partial charge is 0.508 e. The summed E-state index contributed by atoms with van der Waals surface area (Å²) in [5.41, 5.74) is 2.05. The van der Waals surface area contributed by atoms with Crippen molar-refractivity contribution in [1.29, 1.82) is 0 Å². The van der Waals surface area contributed by atoms with Crippen molar-refractivity contribution < 1.29 is 20.1 Å². The van der Waals surface area contributed by atoms with E-state index in [0.29, 0.717) is 36.2 Å². The van der Waals surface area contributed by atoms with E-state index >= 15 is 0 Å². The Morgan fingerprint density at radius 3 is 2.39 bits per heavy atom. The van der Waals surface area contributed by atoms with Crippen molar-refractivity contribution in [3.63, 3.8) is 0 Å². The van der Waals surface area contributed by atoms with Gasteiger partial charge in [-0.3, -0.25) is 14.8 Å². The molecule has 196 valence electrons. The number of phenolic OH excluding ortho intramolecular Hbond substituents is 2. The number of para-hydroxylation sites is 1. The number of aromatic amines is 1. The number of carboxylic acid groups (broad SMARTS) is 1. The Balaban J connectivity index is 1.59. The lowest BCUT2D eigenvalue weighted by atomic mass is 10.0. The predicted octanol–water partition coefficient (Wildman–Crippen LogP) is 6.06. The van der Waals surface area contributed by atoms with Crippen molar-refractivity contribution in [2.75, 3.05) is 11.4 Å². The number of aromatic hydroxyl groups is 2. The summed E-state index contributed by atoms with van der Waals surface area (Å²) in [5.74, 6) is 0.289. The lowest BCUT2D eigenvalue weighted by molar-refractivity contribution is 0.201. The van der Waals surface area contributed by atoms with E-state index in [1.807, 2.05) is 25.1 Å². The van der Waals surface area contributed by atoms with Gasteiger partial charge in [-0.2, -0.15) is 5.11 Å². The van der Waals surface area contributed by atoms with Crippen molar-refractivity contribution >= 4 is 23.3 Å². The molecule has 0 aliphatic heterocycles. The van der Waals surface area contributed by atoms with Crippen molar-refractivity contribution in [2.24, 2.45) is 10.2 Å². The molecule has 0 saturated heterocycles. The van der Waals surface area contributed by atoms with Crippen LogP contribution in [0.15, 0.2) is 87.8 Å². The first-order chi connectivity index (χ1) is 18.4. The maximum absolute atomic E-state index is 13.3. The van der Waals surface area contributed by atoms with E-state index < -0.39 is 11.7 Å². The molecule has 0 saturated carbocycles. The van der Waals surface area contributed by atoms with Crippen LogP contribution in [-0.4, -0.2) is 37.7 Å². The van der Waals surface area contributed by atoms with Gasteiger partial charge in [0.2, 0.25) is 0 Å². The predicted molar refractivity (Wildman–Crippen MR) is 144 cm³/mol. The van der Waals surface area contributed by atoms with E-state index in [0.717, 1.165) is 16.9 Å². The third kappa shape index (κ3) is 6.09. The number of aromatic nitrogens is 2. The van der Waals surface area contributed by atoms with E-state index in [-0.39, 0.29) is 29.5 Å². The number of hydrogen-bond acceptors (Lipinski definition) is 6. The monoisotopic (exact) mass is 515 g/mol. The van der Waals surface area contributed by atoms with E-state index in [4.69, 9.17) is 0 Å². The molecule has 4 rings (SSSR count). The van der Waals surface area contributed by atoms with Crippen LogP contribution in [0.1, 0.15) is 30.9 Å². The first-order valence-corrected chi connectivity index (χ1v) is 12.3. The van der Waals surface area contributed by atoms with Gasteiger partial charge in [-0.05, 0) is 72.9 Å². The van der Waals surface area contributed by atoms with E-state index in [2.05, 4.69) is 15.3 Å². The summed E-state index contributed by atoms with van der Waals surface area (Å²) < 4.78 is 1.26. The van der Waals surface area contributed by atoms with Crippen molar-refractivity contribution in [1.82, 2.24) is 9.78 Å². The Morgan fingerprint density at radius 1 is 0.974 bits per heavy atom. The van der Waals surface area contributed by atoms with Gasteiger partial charge in [0.15, 0.2) is 11.5 Å². The lowest BCUT2D eigenvalue weighted by Crippen LogP contribution is -2.30. The average molecular weight is 516 g/mol. The maximum atomic E-state index is 13.3. The highest BCUT2D eigenvalue weighted by Gasteiger charge is 2.24. The summed E-state index contributed by atoms with van der Waals surface area (Å²) in [4.78, 5) is 26.4. The Labute approximate surface area is 219 Å². The number of nitrogens with one attached hydrogen (secondary N) is 1. The second-order valence-corrected chi connectivity index (χ2v) is 8.75. The quantitative estimate of drug-likeness (QED) is 0.150. The second-order valence-electron chi connectivity index (χ2n) is 8.75. The first kappa shape index (κ1) is 26.2. The van der Waals surface area contributed by atoms with Crippen LogP contribution in [0.3, 0.4) is 0 Å². The van der Waals surface area contributed by atoms with Gasteiger partial charge in [-0.25, -0.2) is 9.48 Å². The topological polar surface area (TPSA) is 144 Å². The minimum absolute atomic E-state index is 0.0612. The number of nitrogens with zero attached hydrogens (tertiary/aromatic N) is 4. The minimum Gasteiger partial charge on any atom is -0.508 e. The normalized spacial score (nSPS) is 11.2. The minimum atomic E-state index is -1.20. The van der Waals surface area contributed by atoms with Crippen LogP contribution in [0.25, 0.3) is 5.69 Å². The highest BCUT2D eigenvalue weighted by Crippen LogP contribution is 2.28. The Hall–Kier alpha value is -4.86. The second kappa shape index (κ2) is 11.9. The maximum Gasteiger partial charge on any atom is 0.413 e. The summed E-state index contributed by atoms with van der Waals surface area (Å²) in [6.07, 6.45) is 1.36. The molecule has 4 N–H and O–H groups in total. The molecule has 1 aromatic heterocycles. The SMILES string of the molecule is CCCCN(C(=O)O)c1[nH]n(-c2ccccc2)c(=O)c1N=Nc1ccc(CCc2cc(O)ccc2O)cc1. The van der Waals surface area contributed by atoms with Crippen LogP contribution in [0.4, 0.5) is 22.0 Å². The Bertz CT molecular complexity index is 1480. The molecule has 1 heterocycles. The third-order valence-corrected chi connectivity index (χ3v) is 6.05. The van der Waals surface area contributed by atoms with E-state index in [1.54, 1.807) is 36.4 Å². The van der Waals surface area contributed by atoms with E-state index in [1.165, 1.54) is 22.9 Å². The van der Waals surface area contributed by atoms with Gasteiger partial charge in [-0.15, -0.1) is 5.11 Å². The summed E-state index contributed by atoms with van der Waals surface area (Å²) in [6.45, 7) is 2.15. The van der Waals surface area contributed by atoms with Gasteiger partial charge in [0, 0.05) is 6.54 Å². The number of hydrogen-bond donors (Lipinski definition) is 4.